The number of alkyl carbamates (subject to hydrolysis) is 1. The Morgan fingerprint density at radius 2 is 1.58 bits per heavy atom. The number of benzene rings is 2. The van der Waals surface area contributed by atoms with Crippen molar-refractivity contribution in [2.24, 2.45) is 0 Å². The van der Waals surface area contributed by atoms with Gasteiger partial charge in [-0.15, -0.1) is 0 Å². The van der Waals surface area contributed by atoms with E-state index in [0.717, 1.165) is 11.1 Å². The molecule has 0 spiro atoms. The van der Waals surface area contributed by atoms with Crippen molar-refractivity contribution in [3.8, 4) is 0 Å². The normalized spacial score (nSPS) is 19.6. The third kappa shape index (κ3) is 4.37. The van der Waals surface area contributed by atoms with Gasteiger partial charge in [0.15, 0.2) is 5.70 Å². The second-order valence-electron chi connectivity index (χ2n) is 7.24. The Balaban J connectivity index is 1.35. The molecule has 8 nitrogen and oxygen atoms in total. The molecule has 2 amide bonds. The number of carbonyl (C=O) groups excluding carboxylic acids is 3. The van der Waals surface area contributed by atoms with Gasteiger partial charge in [0, 0.05) is 0 Å². The Kier molecular flexibility index (Phi) is 5.88. The number of fused-ring (bicyclic) bond motifs is 1. The van der Waals surface area contributed by atoms with Crippen LogP contribution in [0.15, 0.2) is 72.1 Å². The SMILES string of the molecule is CC1=C(C(=O)OCc2ccccc2)N2C(=O)[C@@H](NC(=O)OCc3ccccc3)[C@H]2CO1. The van der Waals surface area contributed by atoms with E-state index in [1.54, 1.807) is 6.92 Å². The summed E-state index contributed by atoms with van der Waals surface area (Å²) in [7, 11) is 0. The van der Waals surface area contributed by atoms with Gasteiger partial charge < -0.3 is 19.5 Å². The van der Waals surface area contributed by atoms with Gasteiger partial charge in [0.1, 0.15) is 37.7 Å². The van der Waals surface area contributed by atoms with Crippen LogP contribution in [0.2, 0.25) is 0 Å². The van der Waals surface area contributed by atoms with Crippen LogP contribution in [0.5, 0.6) is 0 Å². The second kappa shape index (κ2) is 8.91. The van der Waals surface area contributed by atoms with Crippen LogP contribution in [-0.2, 0) is 37.0 Å². The van der Waals surface area contributed by atoms with Crippen LogP contribution in [0, 0.1) is 0 Å². The number of rotatable bonds is 6. The molecule has 0 saturated carbocycles. The van der Waals surface area contributed by atoms with Gasteiger partial charge in [-0.05, 0) is 18.1 Å². The zero-order valence-electron chi connectivity index (χ0n) is 16.9. The lowest BCUT2D eigenvalue weighted by Gasteiger charge is -2.49. The number of hydrogen-bond donors (Lipinski definition) is 1. The summed E-state index contributed by atoms with van der Waals surface area (Å²) in [5, 5.41) is 2.56. The minimum Gasteiger partial charge on any atom is -0.494 e. The maximum atomic E-state index is 12.7. The largest absolute Gasteiger partial charge is 0.494 e. The molecule has 0 bridgehead atoms. The van der Waals surface area contributed by atoms with Crippen molar-refractivity contribution in [2.45, 2.75) is 32.2 Å². The standard InChI is InChI=1S/C23H22N2O6/c1-15-20(22(27)30-12-16-8-4-2-5-9-16)25-18(14-29-15)19(21(25)26)24-23(28)31-13-17-10-6-3-7-11-17/h2-11,18-19H,12-14H2,1H3,(H,24,28)/t18-,19+/m1/s1. The van der Waals surface area contributed by atoms with Crippen LogP contribution < -0.4 is 5.32 Å². The van der Waals surface area contributed by atoms with Crippen LogP contribution in [0.4, 0.5) is 4.79 Å². The summed E-state index contributed by atoms with van der Waals surface area (Å²) in [6.45, 7) is 1.94. The predicted molar refractivity (Wildman–Crippen MR) is 109 cm³/mol. The number of ether oxygens (including phenoxy) is 3. The van der Waals surface area contributed by atoms with E-state index in [2.05, 4.69) is 5.32 Å². The van der Waals surface area contributed by atoms with Crippen LogP contribution in [0.25, 0.3) is 0 Å². The fourth-order valence-electron chi connectivity index (χ4n) is 3.52. The molecule has 0 radical (unpaired) electrons. The Morgan fingerprint density at radius 1 is 1.00 bits per heavy atom. The average molecular weight is 422 g/mol. The van der Waals surface area contributed by atoms with E-state index in [1.165, 1.54) is 4.90 Å². The van der Waals surface area contributed by atoms with Crippen molar-refractivity contribution < 1.29 is 28.6 Å². The number of nitrogens with zero attached hydrogens (tertiary/aromatic N) is 1. The van der Waals surface area contributed by atoms with Gasteiger partial charge in [-0.3, -0.25) is 9.69 Å². The molecular weight excluding hydrogens is 400 g/mol. The fraction of sp³-hybridized carbons (Fsp3) is 0.261. The molecule has 31 heavy (non-hydrogen) atoms. The molecule has 2 heterocycles. The van der Waals surface area contributed by atoms with Crippen LogP contribution >= 0.6 is 0 Å². The molecule has 2 aliphatic heterocycles. The maximum Gasteiger partial charge on any atom is 0.408 e. The van der Waals surface area contributed by atoms with E-state index in [-0.39, 0.29) is 25.5 Å². The van der Waals surface area contributed by atoms with Gasteiger partial charge in [0.2, 0.25) is 0 Å². The number of β-lactam (4-membered cyclic amide) rings is 1. The van der Waals surface area contributed by atoms with Gasteiger partial charge in [-0.2, -0.15) is 0 Å². The molecule has 1 saturated heterocycles. The minimum atomic E-state index is -0.826. The Bertz CT molecular complexity index is 1010. The summed E-state index contributed by atoms with van der Waals surface area (Å²) >= 11 is 0. The highest BCUT2D eigenvalue weighted by atomic mass is 16.6. The average Bonchev–Trinajstić information content (AvgIpc) is 2.80. The molecule has 0 aromatic heterocycles. The van der Waals surface area contributed by atoms with Crippen molar-refractivity contribution in [2.75, 3.05) is 6.61 Å². The van der Waals surface area contributed by atoms with E-state index in [9.17, 15) is 14.4 Å². The molecule has 2 aliphatic rings. The summed E-state index contributed by atoms with van der Waals surface area (Å²) in [6, 6.07) is 17.1. The van der Waals surface area contributed by atoms with Gasteiger partial charge in [0.05, 0.1) is 0 Å². The van der Waals surface area contributed by atoms with E-state index < -0.39 is 30.1 Å². The predicted octanol–water partition coefficient (Wildman–Crippen LogP) is 2.50. The lowest BCUT2D eigenvalue weighted by atomic mass is 9.93. The van der Waals surface area contributed by atoms with Crippen LogP contribution in [0.3, 0.4) is 0 Å². The molecule has 0 aliphatic carbocycles. The molecule has 0 unspecified atom stereocenters. The zero-order chi connectivity index (χ0) is 21.8. The number of esters is 1. The monoisotopic (exact) mass is 422 g/mol. The molecule has 4 rings (SSSR count). The number of allylic oxidation sites excluding steroid dienone is 1. The minimum absolute atomic E-state index is 0.0629. The number of nitrogens with one attached hydrogen (secondary N) is 1. The Hall–Kier alpha value is -3.81. The molecule has 160 valence electrons. The van der Waals surface area contributed by atoms with Crippen LogP contribution in [-0.4, -0.2) is 41.6 Å². The van der Waals surface area contributed by atoms with E-state index >= 15 is 0 Å². The van der Waals surface area contributed by atoms with Crippen molar-refractivity contribution in [1.82, 2.24) is 10.2 Å². The molecular formula is C23H22N2O6. The quantitative estimate of drug-likeness (QED) is 0.568. The molecule has 1 N–H and O–H groups in total. The van der Waals surface area contributed by atoms with E-state index in [1.807, 2.05) is 60.7 Å². The summed E-state index contributed by atoms with van der Waals surface area (Å²) in [6.07, 6.45) is -0.707. The number of amides is 2. The second-order valence-corrected chi connectivity index (χ2v) is 7.24. The van der Waals surface area contributed by atoms with Gasteiger partial charge in [0.25, 0.3) is 5.91 Å². The first-order chi connectivity index (χ1) is 15.0. The fourth-order valence-corrected chi connectivity index (χ4v) is 3.52. The summed E-state index contributed by atoms with van der Waals surface area (Å²) < 4.78 is 16.1. The highest BCUT2D eigenvalue weighted by Gasteiger charge is 2.54. The van der Waals surface area contributed by atoms with Crippen LogP contribution in [0.1, 0.15) is 18.1 Å². The summed E-state index contributed by atoms with van der Waals surface area (Å²) in [4.78, 5) is 38.8. The van der Waals surface area contributed by atoms with E-state index in [0.29, 0.717) is 5.76 Å². The molecule has 2 aromatic rings. The van der Waals surface area contributed by atoms with Crippen molar-refractivity contribution >= 4 is 18.0 Å². The number of carbonyl (C=O) groups is 3. The first-order valence-corrected chi connectivity index (χ1v) is 9.89. The highest BCUT2D eigenvalue weighted by molar-refractivity contribution is 6.01. The van der Waals surface area contributed by atoms with Crippen molar-refractivity contribution in [3.05, 3.63) is 83.2 Å². The van der Waals surface area contributed by atoms with Gasteiger partial charge in [-0.1, -0.05) is 60.7 Å². The topological polar surface area (TPSA) is 94.2 Å². The summed E-state index contributed by atoms with van der Waals surface area (Å²) in [5.74, 6) is -0.742. The van der Waals surface area contributed by atoms with Crippen molar-refractivity contribution in [1.29, 1.82) is 0 Å². The number of hydrogen-bond acceptors (Lipinski definition) is 6. The smallest absolute Gasteiger partial charge is 0.408 e. The first kappa shape index (κ1) is 20.5. The Labute approximate surface area is 179 Å². The first-order valence-electron chi connectivity index (χ1n) is 9.89. The van der Waals surface area contributed by atoms with Gasteiger partial charge >= 0.3 is 12.1 Å². The third-order valence-electron chi connectivity index (χ3n) is 5.16. The zero-order valence-corrected chi connectivity index (χ0v) is 16.9. The van der Waals surface area contributed by atoms with Gasteiger partial charge in [-0.25, -0.2) is 9.59 Å². The lowest BCUT2D eigenvalue weighted by Crippen LogP contribution is -2.73. The van der Waals surface area contributed by atoms with E-state index in [4.69, 9.17) is 14.2 Å². The molecule has 2 aromatic carbocycles. The Morgan fingerprint density at radius 3 is 2.19 bits per heavy atom. The highest BCUT2D eigenvalue weighted by Crippen LogP contribution is 2.33. The summed E-state index contributed by atoms with van der Waals surface area (Å²) in [5.41, 5.74) is 1.73. The molecule has 1 fully saturated rings. The molecule has 2 atom stereocenters. The maximum absolute atomic E-state index is 12.7. The lowest BCUT2D eigenvalue weighted by molar-refractivity contribution is -0.161. The third-order valence-corrected chi connectivity index (χ3v) is 5.16. The van der Waals surface area contributed by atoms with Crippen molar-refractivity contribution in [3.63, 3.8) is 0 Å². The molecule has 8 heteroatoms.